The van der Waals surface area contributed by atoms with Crippen LogP contribution < -0.4 is 0 Å². The molecule has 1 fully saturated rings. The van der Waals surface area contributed by atoms with Gasteiger partial charge in [-0.05, 0) is 30.5 Å². The third-order valence-corrected chi connectivity index (χ3v) is 7.14. The number of benzene rings is 2. The van der Waals surface area contributed by atoms with Gasteiger partial charge in [-0.2, -0.15) is 0 Å². The van der Waals surface area contributed by atoms with Crippen LogP contribution in [0.1, 0.15) is 12.0 Å². The quantitative estimate of drug-likeness (QED) is 0.543. The van der Waals surface area contributed by atoms with E-state index in [4.69, 9.17) is 9.90 Å². The molecule has 168 valence electrons. The van der Waals surface area contributed by atoms with E-state index in [1.54, 1.807) is 30.3 Å². The largest absolute Gasteiger partial charge is 0.483 e. The monoisotopic (exact) mass is 449 g/mol. The Labute approximate surface area is 181 Å². The molecule has 1 aliphatic heterocycles. The molecule has 2 aromatic rings. The standard InChI is InChI=1S/C21H25NO5S.CH2O2/c23-19-11-12-22(13-14-28(26,27)18-9-5-2-6-10-18)16-21(19,20(24)25)15-17-7-3-1-4-8-17;2-1-3/h1-10,19,23H,11-16H2,(H,24,25);1H,(H,2,3)/t19-,21-;/m1./s1. The maximum atomic E-state index is 12.5. The van der Waals surface area contributed by atoms with Crippen molar-refractivity contribution in [1.82, 2.24) is 4.90 Å². The molecule has 0 bridgehead atoms. The number of hydrogen-bond acceptors (Lipinski definition) is 6. The van der Waals surface area contributed by atoms with Crippen LogP contribution in [0.15, 0.2) is 65.6 Å². The Morgan fingerprint density at radius 2 is 1.65 bits per heavy atom. The Morgan fingerprint density at radius 1 is 1.10 bits per heavy atom. The van der Waals surface area contributed by atoms with E-state index < -0.39 is 27.3 Å². The number of carbonyl (C=O) groups is 2. The SMILES string of the molecule is O=C(O)[C@]1(Cc2ccccc2)CN(CCS(=O)(=O)c2ccccc2)CC[C@H]1O.O=CO. The van der Waals surface area contributed by atoms with Crippen molar-refractivity contribution in [1.29, 1.82) is 0 Å². The van der Waals surface area contributed by atoms with Crippen LogP contribution >= 0.6 is 0 Å². The highest BCUT2D eigenvalue weighted by atomic mass is 32.2. The van der Waals surface area contributed by atoms with Gasteiger partial charge in [0.2, 0.25) is 0 Å². The van der Waals surface area contributed by atoms with E-state index >= 15 is 0 Å². The fourth-order valence-electron chi connectivity index (χ4n) is 3.77. The zero-order valence-electron chi connectivity index (χ0n) is 17.0. The molecule has 0 spiro atoms. The van der Waals surface area contributed by atoms with E-state index in [0.29, 0.717) is 13.0 Å². The first kappa shape index (κ1) is 24.5. The number of aliphatic carboxylic acids is 1. The second kappa shape index (κ2) is 11.0. The molecule has 0 aliphatic carbocycles. The molecule has 0 amide bonds. The number of piperidine rings is 1. The Kier molecular flexibility index (Phi) is 8.73. The molecule has 0 unspecified atom stereocenters. The van der Waals surface area contributed by atoms with Crippen LogP contribution in [-0.4, -0.2) is 72.6 Å². The lowest BCUT2D eigenvalue weighted by Gasteiger charge is -2.43. The first-order valence-corrected chi connectivity index (χ1v) is 11.4. The second-order valence-electron chi connectivity index (χ2n) is 7.44. The van der Waals surface area contributed by atoms with E-state index in [2.05, 4.69) is 0 Å². The molecule has 31 heavy (non-hydrogen) atoms. The molecule has 0 aromatic heterocycles. The number of nitrogens with zero attached hydrogens (tertiary/aromatic N) is 1. The number of aliphatic hydroxyl groups excluding tert-OH is 1. The highest BCUT2D eigenvalue weighted by Crippen LogP contribution is 2.34. The van der Waals surface area contributed by atoms with Crippen molar-refractivity contribution in [2.75, 3.05) is 25.4 Å². The van der Waals surface area contributed by atoms with Gasteiger partial charge < -0.3 is 20.2 Å². The van der Waals surface area contributed by atoms with E-state index in [-0.39, 0.29) is 36.6 Å². The van der Waals surface area contributed by atoms with Gasteiger partial charge in [0.15, 0.2) is 9.84 Å². The highest BCUT2D eigenvalue weighted by Gasteiger charge is 2.49. The minimum absolute atomic E-state index is 0.0891. The summed E-state index contributed by atoms with van der Waals surface area (Å²) in [5.41, 5.74) is -0.515. The number of carboxylic acids is 1. The van der Waals surface area contributed by atoms with Crippen LogP contribution in [0.3, 0.4) is 0 Å². The van der Waals surface area contributed by atoms with Crippen LogP contribution in [0.5, 0.6) is 0 Å². The van der Waals surface area contributed by atoms with Gasteiger partial charge in [0.1, 0.15) is 5.41 Å². The molecular formula is C22H27NO7S. The number of hydrogen-bond donors (Lipinski definition) is 3. The molecule has 1 heterocycles. The van der Waals surface area contributed by atoms with Gasteiger partial charge in [-0.25, -0.2) is 8.42 Å². The minimum Gasteiger partial charge on any atom is -0.483 e. The molecule has 9 heteroatoms. The van der Waals surface area contributed by atoms with Crippen molar-refractivity contribution < 1.29 is 33.3 Å². The van der Waals surface area contributed by atoms with E-state index in [0.717, 1.165) is 5.56 Å². The predicted octanol–water partition coefficient (Wildman–Crippen LogP) is 1.54. The zero-order chi connectivity index (χ0) is 22.9. The summed E-state index contributed by atoms with van der Waals surface area (Å²) in [4.78, 5) is 22.6. The van der Waals surface area contributed by atoms with E-state index in [1.165, 1.54) is 0 Å². The van der Waals surface area contributed by atoms with Gasteiger partial charge in [0.05, 0.1) is 16.8 Å². The average Bonchev–Trinajstić information content (AvgIpc) is 2.76. The van der Waals surface area contributed by atoms with Gasteiger partial charge in [-0.3, -0.25) is 9.59 Å². The molecule has 0 saturated carbocycles. The highest BCUT2D eigenvalue weighted by molar-refractivity contribution is 7.91. The van der Waals surface area contributed by atoms with Crippen LogP contribution in [-0.2, 0) is 25.8 Å². The lowest BCUT2D eigenvalue weighted by atomic mass is 9.73. The topological polar surface area (TPSA) is 132 Å². The Balaban J connectivity index is 0.00000107. The first-order chi connectivity index (χ1) is 14.7. The summed E-state index contributed by atoms with van der Waals surface area (Å²) in [6, 6.07) is 17.5. The third-order valence-electron chi connectivity index (χ3n) is 5.43. The van der Waals surface area contributed by atoms with Crippen molar-refractivity contribution in [3.63, 3.8) is 0 Å². The Bertz CT molecular complexity index is 950. The van der Waals surface area contributed by atoms with Crippen LogP contribution in [0.4, 0.5) is 0 Å². The predicted molar refractivity (Wildman–Crippen MR) is 114 cm³/mol. The maximum Gasteiger partial charge on any atom is 0.313 e. The summed E-state index contributed by atoms with van der Waals surface area (Å²) in [5.74, 6) is -1.15. The lowest BCUT2D eigenvalue weighted by Crippen LogP contribution is -2.57. The minimum atomic E-state index is -3.44. The van der Waals surface area contributed by atoms with Crippen molar-refractivity contribution in [3.05, 3.63) is 66.2 Å². The average molecular weight is 450 g/mol. The number of carboxylic acid groups (broad SMARTS) is 2. The van der Waals surface area contributed by atoms with Crippen molar-refractivity contribution in [3.8, 4) is 0 Å². The second-order valence-corrected chi connectivity index (χ2v) is 9.55. The summed E-state index contributed by atoms with van der Waals surface area (Å²) in [7, 11) is -3.44. The van der Waals surface area contributed by atoms with Crippen molar-refractivity contribution in [2.45, 2.75) is 23.8 Å². The lowest BCUT2D eigenvalue weighted by molar-refractivity contribution is -0.163. The van der Waals surface area contributed by atoms with Gasteiger partial charge in [-0.1, -0.05) is 48.5 Å². The van der Waals surface area contributed by atoms with Crippen LogP contribution in [0.2, 0.25) is 0 Å². The fourth-order valence-corrected chi connectivity index (χ4v) is 5.08. The summed E-state index contributed by atoms with van der Waals surface area (Å²) < 4.78 is 25.1. The molecule has 1 aliphatic rings. The summed E-state index contributed by atoms with van der Waals surface area (Å²) >= 11 is 0. The van der Waals surface area contributed by atoms with Crippen LogP contribution in [0.25, 0.3) is 0 Å². The molecule has 3 N–H and O–H groups in total. The fraction of sp³-hybridized carbons (Fsp3) is 0.364. The molecule has 1 saturated heterocycles. The van der Waals surface area contributed by atoms with E-state index in [1.807, 2.05) is 35.2 Å². The number of sulfone groups is 1. The summed E-state index contributed by atoms with van der Waals surface area (Å²) in [6.45, 7) is 0.561. The van der Waals surface area contributed by atoms with Gasteiger partial charge in [0.25, 0.3) is 6.47 Å². The molecule has 2 atom stereocenters. The molecule has 3 rings (SSSR count). The normalized spacial score (nSPS) is 21.5. The van der Waals surface area contributed by atoms with Crippen molar-refractivity contribution in [2.24, 2.45) is 5.41 Å². The maximum absolute atomic E-state index is 12.5. The Morgan fingerprint density at radius 3 is 2.19 bits per heavy atom. The molecule has 0 radical (unpaired) electrons. The summed E-state index contributed by atoms with van der Waals surface area (Å²) in [5, 5.41) is 27.4. The van der Waals surface area contributed by atoms with E-state index in [9.17, 15) is 23.4 Å². The zero-order valence-corrected chi connectivity index (χ0v) is 17.8. The Hall–Kier alpha value is -2.75. The third kappa shape index (κ3) is 6.36. The van der Waals surface area contributed by atoms with Gasteiger partial charge >= 0.3 is 5.97 Å². The van der Waals surface area contributed by atoms with Crippen LogP contribution in [0, 0.1) is 5.41 Å². The number of likely N-dealkylation sites (tertiary alicyclic amines) is 1. The number of aliphatic hydroxyl groups is 1. The molecule has 2 aromatic carbocycles. The van der Waals surface area contributed by atoms with Gasteiger partial charge in [-0.15, -0.1) is 0 Å². The molecular weight excluding hydrogens is 422 g/mol. The van der Waals surface area contributed by atoms with Crippen molar-refractivity contribution >= 4 is 22.3 Å². The first-order valence-electron chi connectivity index (χ1n) is 9.78. The number of rotatable bonds is 7. The smallest absolute Gasteiger partial charge is 0.313 e. The summed E-state index contributed by atoms with van der Waals surface area (Å²) in [6.07, 6.45) is -0.483. The van der Waals surface area contributed by atoms with Gasteiger partial charge in [0, 0.05) is 19.6 Å². The molecule has 8 nitrogen and oxygen atoms in total.